The van der Waals surface area contributed by atoms with Crippen molar-refractivity contribution in [1.29, 1.82) is 0 Å². The van der Waals surface area contributed by atoms with Gasteiger partial charge in [-0.3, -0.25) is 4.79 Å². The summed E-state index contributed by atoms with van der Waals surface area (Å²) in [5.41, 5.74) is 3.12. The number of carbonyl (C=O) groups is 1. The van der Waals surface area contributed by atoms with Crippen LogP contribution >= 0.6 is 11.8 Å². The van der Waals surface area contributed by atoms with E-state index < -0.39 is 0 Å². The van der Waals surface area contributed by atoms with Crippen LogP contribution in [0.3, 0.4) is 0 Å². The summed E-state index contributed by atoms with van der Waals surface area (Å²) in [7, 11) is 0. The van der Waals surface area contributed by atoms with Crippen LogP contribution in [-0.2, 0) is 0 Å². The molecule has 0 saturated carbocycles. The van der Waals surface area contributed by atoms with Gasteiger partial charge in [-0.05, 0) is 19.1 Å². The molecule has 2 heterocycles. The highest BCUT2D eigenvalue weighted by molar-refractivity contribution is 7.99. The van der Waals surface area contributed by atoms with Gasteiger partial charge in [-0.1, -0.05) is 23.4 Å². The highest BCUT2D eigenvalue weighted by Crippen LogP contribution is 2.31. The molecule has 0 unspecified atom stereocenters. The normalized spacial score (nSPS) is 10.8. The molecule has 0 aliphatic rings. The van der Waals surface area contributed by atoms with Crippen molar-refractivity contribution in [2.45, 2.75) is 16.8 Å². The van der Waals surface area contributed by atoms with Gasteiger partial charge in [0.25, 0.3) is 0 Å². The molecule has 3 aromatic rings. The summed E-state index contributed by atoms with van der Waals surface area (Å²) in [6.45, 7) is 1.96. The van der Waals surface area contributed by atoms with Crippen LogP contribution in [0.15, 0.2) is 40.8 Å². The van der Waals surface area contributed by atoms with Crippen molar-refractivity contribution in [3.63, 3.8) is 0 Å². The van der Waals surface area contributed by atoms with E-state index in [-0.39, 0.29) is 0 Å². The molecular formula is C13H10N4OS. The number of imidazole rings is 1. The molecule has 3 rings (SSSR count). The third-order valence-corrected chi connectivity index (χ3v) is 3.78. The lowest BCUT2D eigenvalue weighted by molar-refractivity contribution is 0.112. The van der Waals surface area contributed by atoms with E-state index >= 15 is 0 Å². The molecule has 5 nitrogen and oxygen atoms in total. The van der Waals surface area contributed by atoms with E-state index in [9.17, 15) is 4.79 Å². The summed E-state index contributed by atoms with van der Waals surface area (Å²) < 4.78 is 0. The van der Waals surface area contributed by atoms with E-state index in [4.69, 9.17) is 0 Å². The number of benzene rings is 1. The van der Waals surface area contributed by atoms with Crippen LogP contribution in [-0.4, -0.2) is 26.2 Å². The van der Waals surface area contributed by atoms with E-state index in [1.807, 2.05) is 25.1 Å². The van der Waals surface area contributed by atoms with Gasteiger partial charge in [0.2, 0.25) is 0 Å². The molecule has 0 aliphatic heterocycles. The number of hydrogen-bond donors (Lipinski definition) is 1. The Kier molecular flexibility index (Phi) is 3.00. The van der Waals surface area contributed by atoms with Gasteiger partial charge in [-0.15, -0.1) is 0 Å². The number of fused-ring (bicyclic) bond motifs is 1. The zero-order chi connectivity index (χ0) is 13.2. The lowest BCUT2D eigenvalue weighted by Crippen LogP contribution is -1.90. The van der Waals surface area contributed by atoms with E-state index in [2.05, 4.69) is 19.9 Å². The van der Waals surface area contributed by atoms with Crippen molar-refractivity contribution in [3.8, 4) is 0 Å². The third kappa shape index (κ3) is 2.22. The van der Waals surface area contributed by atoms with Crippen LogP contribution in [0, 0.1) is 6.92 Å². The minimum Gasteiger partial charge on any atom is -0.341 e. The number of H-pyrrole nitrogens is 1. The summed E-state index contributed by atoms with van der Waals surface area (Å²) >= 11 is 1.43. The number of aromatic nitrogens is 4. The summed E-state index contributed by atoms with van der Waals surface area (Å²) in [6.07, 6.45) is 3.92. The molecule has 0 fully saturated rings. The van der Waals surface area contributed by atoms with Gasteiger partial charge in [-0.25, -0.2) is 15.0 Å². The molecule has 0 spiro atoms. The SMILES string of the molecule is Cc1ccc(Sc2ncnc3nc[nH]c23)c(C=O)c1. The highest BCUT2D eigenvalue weighted by atomic mass is 32.2. The van der Waals surface area contributed by atoms with E-state index in [1.165, 1.54) is 18.1 Å². The van der Waals surface area contributed by atoms with Gasteiger partial charge < -0.3 is 4.98 Å². The third-order valence-electron chi connectivity index (χ3n) is 2.69. The first-order valence-corrected chi connectivity index (χ1v) is 6.47. The highest BCUT2D eigenvalue weighted by Gasteiger charge is 2.10. The molecule has 0 aliphatic carbocycles. The Labute approximate surface area is 113 Å². The second-order valence-corrected chi connectivity index (χ2v) is 5.07. The van der Waals surface area contributed by atoms with E-state index in [1.54, 1.807) is 6.33 Å². The second kappa shape index (κ2) is 4.81. The van der Waals surface area contributed by atoms with Gasteiger partial charge >= 0.3 is 0 Å². The lowest BCUT2D eigenvalue weighted by atomic mass is 10.2. The van der Waals surface area contributed by atoms with Gasteiger partial charge in [0.05, 0.1) is 6.33 Å². The Morgan fingerprint density at radius 1 is 1.26 bits per heavy atom. The maximum absolute atomic E-state index is 11.1. The van der Waals surface area contributed by atoms with Crippen LogP contribution < -0.4 is 0 Å². The van der Waals surface area contributed by atoms with Crippen LogP contribution in [0.2, 0.25) is 0 Å². The minimum atomic E-state index is 0.622. The fourth-order valence-corrected chi connectivity index (χ4v) is 2.70. The molecule has 6 heteroatoms. The zero-order valence-electron chi connectivity index (χ0n) is 10.1. The van der Waals surface area contributed by atoms with Crippen molar-refractivity contribution < 1.29 is 4.79 Å². The molecule has 0 bridgehead atoms. The van der Waals surface area contributed by atoms with Crippen molar-refractivity contribution in [2.24, 2.45) is 0 Å². The molecular weight excluding hydrogens is 260 g/mol. The van der Waals surface area contributed by atoms with Gasteiger partial charge in [0, 0.05) is 10.5 Å². The molecule has 1 aromatic carbocycles. The van der Waals surface area contributed by atoms with Crippen molar-refractivity contribution in [1.82, 2.24) is 19.9 Å². The van der Waals surface area contributed by atoms with Crippen LogP contribution in [0.1, 0.15) is 15.9 Å². The zero-order valence-corrected chi connectivity index (χ0v) is 10.9. The largest absolute Gasteiger partial charge is 0.341 e. The summed E-state index contributed by atoms with van der Waals surface area (Å²) in [5.74, 6) is 0. The number of hydrogen-bond acceptors (Lipinski definition) is 5. The molecule has 0 atom stereocenters. The standard InChI is InChI=1S/C13H10N4OS/c1-8-2-3-10(9(4-8)5-18)19-13-11-12(15-6-14-11)16-7-17-13/h2-7H,1H3,(H,14,15,16,17). The van der Waals surface area contributed by atoms with Crippen LogP contribution in [0.5, 0.6) is 0 Å². The smallest absolute Gasteiger partial charge is 0.181 e. The first-order chi connectivity index (χ1) is 9.28. The topological polar surface area (TPSA) is 71.5 Å². The molecule has 1 N–H and O–H groups in total. The van der Waals surface area contributed by atoms with Crippen LogP contribution in [0.25, 0.3) is 11.2 Å². The monoisotopic (exact) mass is 270 g/mol. The Hall–Kier alpha value is -2.21. The average Bonchev–Trinajstić information content (AvgIpc) is 2.90. The number of nitrogens with zero attached hydrogens (tertiary/aromatic N) is 3. The molecule has 2 aromatic heterocycles. The van der Waals surface area contributed by atoms with Crippen LogP contribution in [0.4, 0.5) is 0 Å². The number of nitrogens with one attached hydrogen (secondary N) is 1. The first kappa shape index (κ1) is 11.9. The summed E-state index contributed by atoms with van der Waals surface area (Å²) in [6, 6.07) is 5.76. The molecule has 0 saturated heterocycles. The molecule has 19 heavy (non-hydrogen) atoms. The Balaban J connectivity index is 2.06. The summed E-state index contributed by atoms with van der Waals surface area (Å²) in [4.78, 5) is 27.4. The van der Waals surface area contributed by atoms with Gasteiger partial charge in [0.1, 0.15) is 16.9 Å². The van der Waals surface area contributed by atoms with Crippen molar-refractivity contribution in [2.75, 3.05) is 0 Å². The Bertz CT molecular complexity index is 753. The predicted octanol–water partition coefficient (Wildman–Crippen LogP) is 2.63. The number of aromatic amines is 1. The Morgan fingerprint density at radius 2 is 2.16 bits per heavy atom. The number of aldehydes is 1. The fourth-order valence-electron chi connectivity index (χ4n) is 1.78. The van der Waals surface area contributed by atoms with Gasteiger partial charge in [0.15, 0.2) is 11.9 Å². The van der Waals surface area contributed by atoms with Gasteiger partial charge in [-0.2, -0.15) is 0 Å². The molecule has 0 radical (unpaired) electrons. The minimum absolute atomic E-state index is 0.622. The number of rotatable bonds is 3. The average molecular weight is 270 g/mol. The maximum Gasteiger partial charge on any atom is 0.181 e. The first-order valence-electron chi connectivity index (χ1n) is 5.65. The Morgan fingerprint density at radius 3 is 3.00 bits per heavy atom. The van der Waals surface area contributed by atoms with E-state index in [0.29, 0.717) is 11.2 Å². The maximum atomic E-state index is 11.1. The number of aryl methyl sites for hydroxylation is 1. The molecule has 94 valence electrons. The van der Waals surface area contributed by atoms with E-state index in [0.717, 1.165) is 27.3 Å². The lowest BCUT2D eigenvalue weighted by Gasteiger charge is -2.05. The van der Waals surface area contributed by atoms with Crippen molar-refractivity contribution >= 4 is 29.2 Å². The summed E-state index contributed by atoms with van der Waals surface area (Å²) in [5, 5.41) is 0.759. The molecule has 0 amide bonds. The predicted molar refractivity (Wildman–Crippen MR) is 72.4 cm³/mol. The van der Waals surface area contributed by atoms with Crippen molar-refractivity contribution in [3.05, 3.63) is 42.0 Å². The fraction of sp³-hybridized carbons (Fsp3) is 0.0769. The quantitative estimate of drug-likeness (QED) is 0.585. The number of carbonyl (C=O) groups excluding carboxylic acids is 1. The second-order valence-electron chi connectivity index (χ2n) is 4.04.